The quantitative estimate of drug-likeness (QED) is 0.418. The van der Waals surface area contributed by atoms with E-state index in [1.165, 1.54) is 11.8 Å². The standard InChI is InChI=1S/C21H22N2O3S/c1-5-18(19(24)15-6-8-17(25-4)9-7-15)27-21-23-22-20(26-21)16-11-13(2)10-14(3)12-16/h6-12,18H,5H2,1-4H3. The summed E-state index contributed by atoms with van der Waals surface area (Å²) in [5.74, 6) is 1.23. The number of carbonyl (C=O) groups excluding carboxylic acids is 1. The molecule has 1 atom stereocenters. The Balaban J connectivity index is 1.76. The second-order valence-electron chi connectivity index (χ2n) is 6.36. The first-order chi connectivity index (χ1) is 13.0. The van der Waals surface area contributed by atoms with E-state index in [0.29, 0.717) is 23.1 Å². The van der Waals surface area contributed by atoms with Gasteiger partial charge < -0.3 is 9.15 Å². The van der Waals surface area contributed by atoms with E-state index in [1.54, 1.807) is 31.4 Å². The second kappa shape index (κ2) is 8.39. The van der Waals surface area contributed by atoms with Crippen LogP contribution < -0.4 is 4.74 Å². The molecule has 6 heteroatoms. The van der Waals surface area contributed by atoms with Crippen LogP contribution in [0.15, 0.2) is 52.1 Å². The maximum Gasteiger partial charge on any atom is 0.277 e. The average molecular weight is 382 g/mol. The van der Waals surface area contributed by atoms with E-state index in [1.807, 2.05) is 32.9 Å². The third kappa shape index (κ3) is 4.57. The summed E-state index contributed by atoms with van der Waals surface area (Å²) in [7, 11) is 1.60. The van der Waals surface area contributed by atoms with Crippen LogP contribution in [-0.2, 0) is 0 Å². The summed E-state index contributed by atoms with van der Waals surface area (Å²) in [5, 5.41) is 8.38. The zero-order chi connectivity index (χ0) is 19.4. The van der Waals surface area contributed by atoms with E-state index >= 15 is 0 Å². The molecule has 0 aliphatic carbocycles. The number of aromatic nitrogens is 2. The third-order valence-corrected chi connectivity index (χ3v) is 5.35. The zero-order valence-electron chi connectivity index (χ0n) is 15.9. The lowest BCUT2D eigenvalue weighted by Crippen LogP contribution is -2.16. The van der Waals surface area contributed by atoms with E-state index in [0.717, 1.165) is 22.4 Å². The summed E-state index contributed by atoms with van der Waals surface area (Å²) in [6.45, 7) is 6.03. The normalized spacial score (nSPS) is 12.0. The Kier molecular flexibility index (Phi) is 5.96. The molecule has 1 unspecified atom stereocenters. The molecular formula is C21H22N2O3S. The minimum absolute atomic E-state index is 0.0382. The maximum atomic E-state index is 12.8. The van der Waals surface area contributed by atoms with Crippen LogP contribution in [0.5, 0.6) is 5.75 Å². The third-order valence-electron chi connectivity index (χ3n) is 4.16. The highest BCUT2D eigenvalue weighted by Gasteiger charge is 2.23. The topological polar surface area (TPSA) is 65.2 Å². The summed E-state index contributed by atoms with van der Waals surface area (Å²) < 4.78 is 10.9. The minimum atomic E-state index is -0.286. The Morgan fingerprint density at radius 2 is 1.78 bits per heavy atom. The number of ether oxygens (including phenoxy) is 1. The number of aryl methyl sites for hydroxylation is 2. The van der Waals surface area contributed by atoms with Crippen LogP contribution in [0.3, 0.4) is 0 Å². The number of carbonyl (C=O) groups is 1. The number of nitrogens with zero attached hydrogens (tertiary/aromatic N) is 2. The van der Waals surface area contributed by atoms with Gasteiger partial charge in [-0.15, -0.1) is 10.2 Å². The molecule has 0 saturated carbocycles. The van der Waals surface area contributed by atoms with Crippen LogP contribution >= 0.6 is 11.8 Å². The highest BCUT2D eigenvalue weighted by atomic mass is 32.2. The van der Waals surface area contributed by atoms with Crippen LogP contribution in [0.2, 0.25) is 0 Å². The van der Waals surface area contributed by atoms with Crippen LogP contribution in [-0.4, -0.2) is 28.3 Å². The lowest BCUT2D eigenvalue weighted by Gasteiger charge is -2.11. The van der Waals surface area contributed by atoms with Gasteiger partial charge in [-0.25, -0.2) is 0 Å². The molecule has 27 heavy (non-hydrogen) atoms. The minimum Gasteiger partial charge on any atom is -0.497 e. The second-order valence-corrected chi connectivity index (χ2v) is 7.51. The fourth-order valence-corrected chi connectivity index (χ4v) is 3.73. The van der Waals surface area contributed by atoms with Gasteiger partial charge in [0.25, 0.3) is 5.22 Å². The average Bonchev–Trinajstić information content (AvgIpc) is 3.13. The Labute approximate surface area is 163 Å². The zero-order valence-corrected chi connectivity index (χ0v) is 16.7. The van der Waals surface area contributed by atoms with Crippen molar-refractivity contribution in [1.29, 1.82) is 0 Å². The van der Waals surface area contributed by atoms with Gasteiger partial charge in [0, 0.05) is 11.1 Å². The summed E-state index contributed by atoms with van der Waals surface area (Å²) in [4.78, 5) is 12.8. The Morgan fingerprint density at radius 1 is 1.11 bits per heavy atom. The molecule has 0 saturated heterocycles. The van der Waals surface area contributed by atoms with Crippen molar-refractivity contribution in [2.24, 2.45) is 0 Å². The monoisotopic (exact) mass is 382 g/mol. The van der Waals surface area contributed by atoms with Gasteiger partial charge in [-0.05, 0) is 56.7 Å². The van der Waals surface area contributed by atoms with Gasteiger partial charge in [-0.2, -0.15) is 0 Å². The first-order valence-electron chi connectivity index (χ1n) is 8.77. The predicted octanol–water partition coefficient (Wildman–Crippen LogP) is 5.12. The van der Waals surface area contributed by atoms with Crippen molar-refractivity contribution in [2.75, 3.05) is 7.11 Å². The van der Waals surface area contributed by atoms with Crippen molar-refractivity contribution < 1.29 is 13.9 Å². The van der Waals surface area contributed by atoms with E-state index in [-0.39, 0.29) is 11.0 Å². The van der Waals surface area contributed by atoms with E-state index in [2.05, 4.69) is 16.3 Å². The molecule has 3 rings (SSSR count). The predicted molar refractivity (Wildman–Crippen MR) is 106 cm³/mol. The van der Waals surface area contributed by atoms with E-state index in [9.17, 15) is 4.79 Å². The first-order valence-corrected chi connectivity index (χ1v) is 9.65. The van der Waals surface area contributed by atoms with Crippen molar-refractivity contribution in [3.8, 4) is 17.2 Å². The molecule has 0 radical (unpaired) electrons. The van der Waals surface area contributed by atoms with Crippen LogP contribution in [0, 0.1) is 13.8 Å². The number of Topliss-reactive ketones (excluding diaryl/α,β-unsaturated/α-hetero) is 1. The molecule has 0 bridgehead atoms. The first kappa shape index (κ1) is 19.2. The summed E-state index contributed by atoms with van der Waals surface area (Å²) in [5.41, 5.74) is 3.81. The lowest BCUT2D eigenvalue weighted by molar-refractivity contribution is 0.0987. The molecule has 140 valence electrons. The number of ketones is 1. The number of thioether (sulfide) groups is 1. The molecule has 0 N–H and O–H groups in total. The molecule has 1 heterocycles. The van der Waals surface area contributed by atoms with Crippen molar-refractivity contribution in [1.82, 2.24) is 10.2 Å². The van der Waals surface area contributed by atoms with E-state index < -0.39 is 0 Å². The molecule has 0 amide bonds. The van der Waals surface area contributed by atoms with Crippen molar-refractivity contribution in [2.45, 2.75) is 37.7 Å². The van der Waals surface area contributed by atoms with Gasteiger partial charge in [0.05, 0.1) is 12.4 Å². The van der Waals surface area contributed by atoms with Gasteiger partial charge in [0.2, 0.25) is 5.89 Å². The Bertz CT molecular complexity index is 915. The smallest absolute Gasteiger partial charge is 0.277 e. The lowest BCUT2D eigenvalue weighted by atomic mass is 10.1. The van der Waals surface area contributed by atoms with Crippen LogP contribution in [0.25, 0.3) is 11.5 Å². The molecule has 1 aromatic heterocycles. The SMILES string of the molecule is CCC(Sc1nnc(-c2cc(C)cc(C)c2)o1)C(=O)c1ccc(OC)cc1. The summed E-state index contributed by atoms with van der Waals surface area (Å²) >= 11 is 1.30. The molecule has 2 aromatic carbocycles. The number of methoxy groups -OCH3 is 1. The molecular weight excluding hydrogens is 360 g/mol. The summed E-state index contributed by atoms with van der Waals surface area (Å²) in [6.07, 6.45) is 0.663. The molecule has 0 aliphatic heterocycles. The molecule has 5 nitrogen and oxygen atoms in total. The number of hydrogen-bond donors (Lipinski definition) is 0. The molecule has 3 aromatic rings. The van der Waals surface area contributed by atoms with Crippen LogP contribution in [0.4, 0.5) is 0 Å². The summed E-state index contributed by atoms with van der Waals surface area (Å²) in [6, 6.07) is 13.2. The van der Waals surface area contributed by atoms with Gasteiger partial charge in [0.1, 0.15) is 5.75 Å². The number of rotatable bonds is 7. The highest BCUT2D eigenvalue weighted by molar-refractivity contribution is 8.00. The fraction of sp³-hybridized carbons (Fsp3) is 0.286. The van der Waals surface area contributed by atoms with Crippen molar-refractivity contribution in [3.05, 3.63) is 59.2 Å². The largest absolute Gasteiger partial charge is 0.497 e. The van der Waals surface area contributed by atoms with Crippen LogP contribution in [0.1, 0.15) is 34.8 Å². The Morgan fingerprint density at radius 3 is 2.37 bits per heavy atom. The van der Waals surface area contributed by atoms with E-state index in [4.69, 9.17) is 9.15 Å². The van der Waals surface area contributed by atoms with Gasteiger partial charge in [-0.3, -0.25) is 4.79 Å². The maximum absolute atomic E-state index is 12.8. The highest BCUT2D eigenvalue weighted by Crippen LogP contribution is 2.30. The van der Waals surface area contributed by atoms with Gasteiger partial charge in [-0.1, -0.05) is 35.9 Å². The van der Waals surface area contributed by atoms with Gasteiger partial charge in [0.15, 0.2) is 5.78 Å². The molecule has 0 spiro atoms. The van der Waals surface area contributed by atoms with Crippen molar-refractivity contribution >= 4 is 17.5 Å². The van der Waals surface area contributed by atoms with Crippen molar-refractivity contribution in [3.63, 3.8) is 0 Å². The van der Waals surface area contributed by atoms with Gasteiger partial charge >= 0.3 is 0 Å². The Hall–Kier alpha value is -2.60. The fourth-order valence-electron chi connectivity index (χ4n) is 2.86. The number of hydrogen-bond acceptors (Lipinski definition) is 6. The number of benzene rings is 2. The molecule has 0 fully saturated rings. The molecule has 0 aliphatic rings.